The van der Waals surface area contributed by atoms with Crippen LogP contribution in [0.5, 0.6) is 5.75 Å². The molecule has 0 spiro atoms. The number of aromatic nitrogens is 2. The van der Waals surface area contributed by atoms with Crippen molar-refractivity contribution in [3.8, 4) is 5.75 Å². The number of hydrogen-bond donors (Lipinski definition) is 2. The van der Waals surface area contributed by atoms with E-state index in [1.807, 2.05) is 29.6 Å². The number of thiophene rings is 1. The molecule has 0 aliphatic rings. The molecule has 2 aromatic heterocycles. The number of fused-ring (bicyclic) bond motifs is 1. The largest absolute Gasteiger partial charge is 0.496 e. The molecule has 0 radical (unpaired) electrons. The van der Waals surface area contributed by atoms with E-state index in [1.54, 1.807) is 13.2 Å². The normalized spacial score (nSPS) is 10.7. The lowest BCUT2D eigenvalue weighted by atomic mass is 10.3. The molecule has 21 heavy (non-hydrogen) atoms. The minimum absolute atomic E-state index is 0.0839. The molecule has 0 atom stereocenters. The number of carbonyl (C=O) groups excluding carboxylic acids is 1. The Morgan fingerprint density at radius 1 is 1.43 bits per heavy atom. The Kier molecular flexibility index (Phi) is 3.87. The van der Waals surface area contributed by atoms with Gasteiger partial charge in [0.2, 0.25) is 0 Å². The SMILES string of the molecule is COc1csc(C(=O)NCCc2nc3ccccc3[nH]2)c1. The number of benzene rings is 1. The van der Waals surface area contributed by atoms with E-state index >= 15 is 0 Å². The maximum Gasteiger partial charge on any atom is 0.261 e. The third kappa shape index (κ3) is 3.05. The second-order valence-electron chi connectivity index (χ2n) is 4.56. The summed E-state index contributed by atoms with van der Waals surface area (Å²) < 4.78 is 5.07. The number of ether oxygens (including phenoxy) is 1. The van der Waals surface area contributed by atoms with E-state index in [1.165, 1.54) is 11.3 Å². The van der Waals surface area contributed by atoms with Crippen LogP contribution in [0.1, 0.15) is 15.5 Å². The lowest BCUT2D eigenvalue weighted by Gasteiger charge is -2.01. The Hall–Kier alpha value is -2.34. The zero-order chi connectivity index (χ0) is 14.7. The quantitative estimate of drug-likeness (QED) is 0.761. The summed E-state index contributed by atoms with van der Waals surface area (Å²) in [6.45, 7) is 0.541. The number of para-hydroxylation sites is 2. The number of aromatic amines is 1. The van der Waals surface area contributed by atoms with Crippen molar-refractivity contribution in [2.45, 2.75) is 6.42 Å². The Balaban J connectivity index is 1.56. The summed E-state index contributed by atoms with van der Waals surface area (Å²) in [6.07, 6.45) is 0.670. The molecule has 0 aliphatic heterocycles. The van der Waals surface area contributed by atoms with Gasteiger partial charge in [-0.15, -0.1) is 11.3 Å². The molecule has 0 aliphatic carbocycles. The Labute approximate surface area is 126 Å². The molecule has 2 N–H and O–H groups in total. The topological polar surface area (TPSA) is 67.0 Å². The lowest BCUT2D eigenvalue weighted by Crippen LogP contribution is -2.25. The molecule has 0 bridgehead atoms. The highest BCUT2D eigenvalue weighted by Crippen LogP contribution is 2.20. The highest BCUT2D eigenvalue weighted by Gasteiger charge is 2.09. The molecule has 0 saturated heterocycles. The van der Waals surface area contributed by atoms with Gasteiger partial charge in [-0.1, -0.05) is 12.1 Å². The Bertz CT molecular complexity index is 730. The molecule has 108 valence electrons. The van der Waals surface area contributed by atoms with Gasteiger partial charge in [0.05, 0.1) is 23.0 Å². The van der Waals surface area contributed by atoms with E-state index in [2.05, 4.69) is 15.3 Å². The van der Waals surface area contributed by atoms with Gasteiger partial charge in [-0.05, 0) is 12.1 Å². The fourth-order valence-corrected chi connectivity index (χ4v) is 2.82. The minimum atomic E-state index is -0.0839. The molecule has 2 heterocycles. The van der Waals surface area contributed by atoms with E-state index in [-0.39, 0.29) is 5.91 Å². The number of nitrogens with one attached hydrogen (secondary N) is 2. The number of hydrogen-bond acceptors (Lipinski definition) is 4. The molecular weight excluding hydrogens is 286 g/mol. The van der Waals surface area contributed by atoms with Gasteiger partial charge in [0.1, 0.15) is 11.6 Å². The number of methoxy groups -OCH3 is 1. The van der Waals surface area contributed by atoms with Crippen molar-refractivity contribution in [2.75, 3.05) is 13.7 Å². The smallest absolute Gasteiger partial charge is 0.261 e. The molecule has 3 aromatic rings. The van der Waals surface area contributed by atoms with Crippen LogP contribution in [-0.2, 0) is 6.42 Å². The number of carbonyl (C=O) groups is 1. The van der Waals surface area contributed by atoms with Crippen molar-refractivity contribution >= 4 is 28.3 Å². The number of imidazole rings is 1. The van der Waals surface area contributed by atoms with Gasteiger partial charge in [0, 0.05) is 24.4 Å². The molecule has 6 heteroatoms. The highest BCUT2D eigenvalue weighted by molar-refractivity contribution is 7.12. The monoisotopic (exact) mass is 301 g/mol. The number of nitrogens with zero attached hydrogens (tertiary/aromatic N) is 1. The highest BCUT2D eigenvalue weighted by atomic mass is 32.1. The van der Waals surface area contributed by atoms with Gasteiger partial charge in [-0.2, -0.15) is 0 Å². The minimum Gasteiger partial charge on any atom is -0.496 e. The fraction of sp³-hybridized carbons (Fsp3) is 0.200. The van der Waals surface area contributed by atoms with Gasteiger partial charge in [-0.3, -0.25) is 4.79 Å². The molecule has 0 fully saturated rings. The zero-order valence-electron chi connectivity index (χ0n) is 11.6. The summed E-state index contributed by atoms with van der Waals surface area (Å²) in [5.41, 5.74) is 1.96. The third-order valence-corrected chi connectivity index (χ3v) is 4.03. The average Bonchev–Trinajstić information content (AvgIpc) is 3.13. The summed E-state index contributed by atoms with van der Waals surface area (Å²) in [4.78, 5) is 20.3. The molecule has 1 aromatic carbocycles. The summed E-state index contributed by atoms with van der Waals surface area (Å²) in [7, 11) is 1.59. The van der Waals surface area contributed by atoms with Gasteiger partial charge in [0.25, 0.3) is 5.91 Å². The first-order valence-electron chi connectivity index (χ1n) is 6.60. The van der Waals surface area contributed by atoms with E-state index in [4.69, 9.17) is 4.74 Å². The van der Waals surface area contributed by atoms with Crippen molar-refractivity contribution in [3.63, 3.8) is 0 Å². The van der Waals surface area contributed by atoms with Crippen LogP contribution in [0, 0.1) is 0 Å². The van der Waals surface area contributed by atoms with Gasteiger partial charge in [0.15, 0.2) is 0 Å². The maximum atomic E-state index is 11.9. The number of amides is 1. The van der Waals surface area contributed by atoms with Gasteiger partial charge in [-0.25, -0.2) is 4.98 Å². The standard InChI is InChI=1S/C15H15N3O2S/c1-20-10-8-13(21-9-10)15(19)16-7-6-14-17-11-4-2-3-5-12(11)18-14/h2-5,8-9H,6-7H2,1H3,(H,16,19)(H,17,18). The summed E-state index contributed by atoms with van der Waals surface area (Å²) in [5, 5.41) is 4.70. The van der Waals surface area contributed by atoms with Crippen molar-refractivity contribution in [3.05, 3.63) is 46.4 Å². The Morgan fingerprint density at radius 3 is 3.05 bits per heavy atom. The molecule has 5 nitrogen and oxygen atoms in total. The van der Waals surface area contributed by atoms with Crippen LogP contribution in [0.2, 0.25) is 0 Å². The van der Waals surface area contributed by atoms with E-state index < -0.39 is 0 Å². The van der Waals surface area contributed by atoms with Crippen LogP contribution in [0.4, 0.5) is 0 Å². The molecule has 0 unspecified atom stereocenters. The zero-order valence-corrected chi connectivity index (χ0v) is 12.4. The van der Waals surface area contributed by atoms with Crippen molar-refractivity contribution in [2.24, 2.45) is 0 Å². The first-order chi connectivity index (χ1) is 10.3. The van der Waals surface area contributed by atoms with Crippen LogP contribution in [-0.4, -0.2) is 29.5 Å². The fourth-order valence-electron chi connectivity index (χ4n) is 2.05. The molecule has 3 rings (SSSR count). The number of rotatable bonds is 5. The average molecular weight is 301 g/mol. The second-order valence-corrected chi connectivity index (χ2v) is 5.47. The van der Waals surface area contributed by atoms with E-state index in [0.29, 0.717) is 23.6 Å². The molecule has 0 saturated carbocycles. The first kappa shape index (κ1) is 13.6. The Morgan fingerprint density at radius 2 is 2.29 bits per heavy atom. The summed E-state index contributed by atoms with van der Waals surface area (Å²) in [5.74, 6) is 1.50. The third-order valence-electron chi connectivity index (χ3n) is 3.12. The van der Waals surface area contributed by atoms with Gasteiger partial charge < -0.3 is 15.0 Å². The van der Waals surface area contributed by atoms with Crippen LogP contribution in [0.25, 0.3) is 11.0 Å². The van der Waals surface area contributed by atoms with Crippen molar-refractivity contribution in [1.82, 2.24) is 15.3 Å². The van der Waals surface area contributed by atoms with Crippen LogP contribution < -0.4 is 10.1 Å². The summed E-state index contributed by atoms with van der Waals surface area (Å²) >= 11 is 1.37. The molecular formula is C15H15N3O2S. The van der Waals surface area contributed by atoms with Crippen molar-refractivity contribution < 1.29 is 9.53 Å². The van der Waals surface area contributed by atoms with Crippen LogP contribution >= 0.6 is 11.3 Å². The van der Waals surface area contributed by atoms with Crippen LogP contribution in [0.3, 0.4) is 0 Å². The van der Waals surface area contributed by atoms with Crippen molar-refractivity contribution in [1.29, 1.82) is 0 Å². The number of H-pyrrole nitrogens is 1. The lowest BCUT2D eigenvalue weighted by molar-refractivity contribution is 0.0958. The van der Waals surface area contributed by atoms with Crippen LogP contribution in [0.15, 0.2) is 35.7 Å². The first-order valence-corrected chi connectivity index (χ1v) is 7.48. The predicted molar refractivity (Wildman–Crippen MR) is 83.0 cm³/mol. The molecule has 1 amide bonds. The summed E-state index contributed by atoms with van der Waals surface area (Å²) in [6, 6.07) is 9.62. The maximum absolute atomic E-state index is 11.9. The second kappa shape index (κ2) is 5.97. The predicted octanol–water partition coefficient (Wildman–Crippen LogP) is 2.61. The van der Waals surface area contributed by atoms with E-state index in [0.717, 1.165) is 16.9 Å². The van der Waals surface area contributed by atoms with E-state index in [9.17, 15) is 4.79 Å². The van der Waals surface area contributed by atoms with Gasteiger partial charge >= 0.3 is 0 Å².